The number of H-pyrrole nitrogens is 2. The maximum Gasteiger partial charge on any atom is 0.407 e. The molecule has 0 unspecified atom stereocenters. The average molecular weight is 823 g/mol. The topological polar surface area (TPSA) is 157 Å². The van der Waals surface area contributed by atoms with E-state index in [1.54, 1.807) is 17.4 Å². The van der Waals surface area contributed by atoms with Crippen molar-refractivity contribution in [2.75, 3.05) is 33.3 Å². The number of likely N-dealkylation sites (N-methyl/N-ethyl adjacent to an activating group) is 1. The van der Waals surface area contributed by atoms with E-state index >= 15 is 0 Å². The van der Waals surface area contributed by atoms with Gasteiger partial charge in [0.05, 0.1) is 49.3 Å². The van der Waals surface area contributed by atoms with Crippen molar-refractivity contribution in [2.45, 2.75) is 70.1 Å². The zero-order valence-electron chi connectivity index (χ0n) is 35.3. The summed E-state index contributed by atoms with van der Waals surface area (Å²) in [5.74, 6) is 1.47. The van der Waals surface area contributed by atoms with Gasteiger partial charge in [0.2, 0.25) is 11.8 Å². The Bertz CT molecular complexity index is 2420. The predicted octanol–water partition coefficient (Wildman–Crippen LogP) is 7.24. The lowest BCUT2D eigenvalue weighted by Gasteiger charge is -2.34. The van der Waals surface area contributed by atoms with Crippen LogP contribution >= 0.6 is 0 Å². The lowest BCUT2D eigenvalue weighted by atomic mass is 10.0. The summed E-state index contributed by atoms with van der Waals surface area (Å²) in [5.41, 5.74) is 7.78. The van der Waals surface area contributed by atoms with Gasteiger partial charge in [-0.25, -0.2) is 19.7 Å². The Morgan fingerprint density at radius 3 is 1.77 bits per heavy atom. The van der Waals surface area contributed by atoms with Gasteiger partial charge in [0, 0.05) is 38.4 Å². The van der Waals surface area contributed by atoms with Crippen LogP contribution in [0.4, 0.5) is 4.79 Å². The minimum atomic E-state index is -0.812. The van der Waals surface area contributed by atoms with Crippen LogP contribution in [0.2, 0.25) is 0 Å². The van der Waals surface area contributed by atoms with E-state index in [1.807, 2.05) is 47.1 Å². The minimum Gasteiger partial charge on any atom is -0.453 e. The summed E-state index contributed by atoms with van der Waals surface area (Å²) in [6.45, 7) is 7.07. The van der Waals surface area contributed by atoms with Gasteiger partial charge in [-0.05, 0) is 66.6 Å². The maximum atomic E-state index is 14.2. The summed E-state index contributed by atoms with van der Waals surface area (Å²) in [6.07, 6.45) is 10.1. The zero-order chi connectivity index (χ0) is 42.5. The molecule has 2 fully saturated rings. The Balaban J connectivity index is 0.925. The van der Waals surface area contributed by atoms with Crippen molar-refractivity contribution in [2.24, 2.45) is 7.05 Å². The second kappa shape index (κ2) is 18.4. The molecule has 2 aliphatic rings. The van der Waals surface area contributed by atoms with Crippen molar-refractivity contribution in [1.82, 2.24) is 49.5 Å². The van der Waals surface area contributed by atoms with Crippen LogP contribution in [-0.4, -0.2) is 101 Å². The van der Waals surface area contributed by atoms with E-state index in [9.17, 15) is 14.4 Å². The Labute approximate surface area is 356 Å². The number of aryl methyl sites for hydroxylation is 1. The molecule has 5 heterocycles. The number of hydrogen-bond donors (Lipinski definition) is 3. The molecule has 61 heavy (non-hydrogen) atoms. The Morgan fingerprint density at radius 1 is 0.754 bits per heavy atom. The molecular weight excluding hydrogens is 769 g/mol. The second-order valence-corrected chi connectivity index (χ2v) is 15.8. The molecule has 0 spiro atoms. The van der Waals surface area contributed by atoms with Crippen molar-refractivity contribution in [1.29, 1.82) is 0 Å². The number of methoxy groups -OCH3 is 1. The third kappa shape index (κ3) is 8.71. The fourth-order valence-electron chi connectivity index (χ4n) is 8.90. The Kier molecular flexibility index (Phi) is 12.4. The number of aromatic nitrogens is 6. The molecule has 3 aromatic carbocycles. The highest BCUT2D eigenvalue weighted by Crippen LogP contribution is 2.37. The highest BCUT2D eigenvalue weighted by Gasteiger charge is 2.39. The normalized spacial score (nSPS) is 17.5. The first kappa shape index (κ1) is 41.2. The third-order valence-corrected chi connectivity index (χ3v) is 12.3. The van der Waals surface area contributed by atoms with Gasteiger partial charge >= 0.3 is 6.09 Å². The molecular formula is C47H54N10O4. The first-order chi connectivity index (χ1) is 29.8. The van der Waals surface area contributed by atoms with Gasteiger partial charge in [0.25, 0.3) is 0 Å². The predicted molar refractivity (Wildman–Crippen MR) is 233 cm³/mol. The van der Waals surface area contributed by atoms with Gasteiger partial charge in [-0.3, -0.25) is 14.5 Å². The largest absolute Gasteiger partial charge is 0.453 e. The van der Waals surface area contributed by atoms with Crippen LogP contribution in [0.5, 0.6) is 0 Å². The van der Waals surface area contributed by atoms with Gasteiger partial charge in [-0.1, -0.05) is 92.7 Å². The second-order valence-electron chi connectivity index (χ2n) is 15.8. The number of imidazole rings is 3. The van der Waals surface area contributed by atoms with Crippen LogP contribution in [0, 0.1) is 0 Å². The van der Waals surface area contributed by atoms with Crippen LogP contribution in [0.25, 0.3) is 33.6 Å². The monoisotopic (exact) mass is 822 g/mol. The maximum absolute atomic E-state index is 14.2. The number of alkyl carbamates (subject to hydrolysis) is 1. The van der Waals surface area contributed by atoms with Gasteiger partial charge < -0.3 is 34.4 Å². The molecule has 3 N–H and O–H groups in total. The van der Waals surface area contributed by atoms with Crippen LogP contribution in [-0.2, 0) is 27.8 Å². The summed E-state index contributed by atoms with van der Waals surface area (Å²) >= 11 is 0. The first-order valence-corrected chi connectivity index (χ1v) is 21.3. The lowest BCUT2D eigenvalue weighted by molar-refractivity contribution is -0.138. The number of nitrogens with one attached hydrogen (secondary N) is 3. The van der Waals surface area contributed by atoms with E-state index in [4.69, 9.17) is 14.7 Å². The summed E-state index contributed by atoms with van der Waals surface area (Å²) in [6, 6.07) is 25.4. The van der Waals surface area contributed by atoms with Crippen molar-refractivity contribution in [3.63, 3.8) is 0 Å². The molecule has 316 valence electrons. The summed E-state index contributed by atoms with van der Waals surface area (Å²) < 4.78 is 6.68. The SMILES string of the molecule is CCN(CC)[C@H](C(=O)N1CCC[C@H]1c1ncc(-c2ccc(-c3ccc(-c4cnc([C@@H]5CCCN5C(=O)[C@@H](Cc5cncn5C)NC(=O)OC)[nH]4)cc3)cc2)[nH]1)c1ccccc1. The van der Waals surface area contributed by atoms with Gasteiger partial charge in [-0.2, -0.15) is 0 Å². The molecule has 14 heteroatoms. The van der Waals surface area contributed by atoms with Crippen LogP contribution < -0.4 is 5.32 Å². The molecule has 3 amide bonds. The first-order valence-electron chi connectivity index (χ1n) is 21.3. The van der Waals surface area contributed by atoms with Gasteiger partial charge in [0.15, 0.2) is 0 Å². The molecule has 6 aromatic rings. The fourth-order valence-corrected chi connectivity index (χ4v) is 8.90. The van der Waals surface area contributed by atoms with Crippen molar-refractivity contribution < 1.29 is 19.1 Å². The summed E-state index contributed by atoms with van der Waals surface area (Å²) in [4.78, 5) is 67.2. The highest BCUT2D eigenvalue weighted by molar-refractivity contribution is 5.86. The number of carbonyl (C=O) groups is 3. The quantitative estimate of drug-likeness (QED) is 0.104. The lowest BCUT2D eigenvalue weighted by Crippen LogP contribution is -2.49. The summed E-state index contributed by atoms with van der Waals surface area (Å²) in [7, 11) is 3.14. The number of aromatic amines is 2. The molecule has 8 rings (SSSR count). The van der Waals surface area contributed by atoms with E-state index in [2.05, 4.69) is 99.7 Å². The van der Waals surface area contributed by atoms with Crippen molar-refractivity contribution >= 4 is 17.9 Å². The molecule has 2 aliphatic heterocycles. The Hall–Kier alpha value is -6.54. The number of nitrogens with zero attached hydrogens (tertiary/aromatic N) is 7. The molecule has 14 nitrogen and oxygen atoms in total. The highest BCUT2D eigenvalue weighted by atomic mass is 16.5. The van der Waals surface area contributed by atoms with Crippen molar-refractivity contribution in [3.8, 4) is 33.6 Å². The van der Waals surface area contributed by atoms with E-state index in [-0.39, 0.29) is 36.4 Å². The van der Waals surface area contributed by atoms with E-state index < -0.39 is 12.1 Å². The van der Waals surface area contributed by atoms with Gasteiger partial charge in [0.1, 0.15) is 23.7 Å². The summed E-state index contributed by atoms with van der Waals surface area (Å²) in [5, 5.41) is 2.73. The number of likely N-dealkylation sites (tertiary alicyclic amines) is 2. The molecule has 4 atom stereocenters. The molecule has 2 saturated heterocycles. The number of carbonyl (C=O) groups excluding carboxylic acids is 3. The third-order valence-electron chi connectivity index (χ3n) is 12.3. The average Bonchev–Trinajstić information content (AvgIpc) is 4.16. The van der Waals surface area contributed by atoms with Gasteiger partial charge in [-0.15, -0.1) is 0 Å². The van der Waals surface area contributed by atoms with E-state index in [0.717, 1.165) is 89.5 Å². The van der Waals surface area contributed by atoms with Crippen molar-refractivity contribution in [3.05, 3.63) is 127 Å². The number of ether oxygens (including phenoxy) is 1. The van der Waals surface area contributed by atoms with Crippen LogP contribution in [0.3, 0.4) is 0 Å². The van der Waals surface area contributed by atoms with Crippen LogP contribution in [0.15, 0.2) is 104 Å². The van der Waals surface area contributed by atoms with Crippen LogP contribution in [0.1, 0.15) is 80.6 Å². The number of benzene rings is 3. The molecule has 0 radical (unpaired) electrons. The van der Waals surface area contributed by atoms with E-state index in [1.165, 1.54) is 7.11 Å². The standard InChI is InChI=1S/C47H54N10O4/c1-5-55(6-2)42(35-12-8-7-9-13-35)46(59)57-25-11-15-41(57)44-50-29-39(52-44)34-22-18-32(19-23-34)31-16-20-33(21-17-31)38-28-49-43(51-38)40-14-10-24-56(40)45(58)37(53-47(60)61-4)26-36-27-48-30-54(36)3/h7-9,12-13,16-23,27-30,37,40-42H,5-6,10-11,14-15,24-26H2,1-4H3,(H,49,51)(H,50,52)(H,53,60)/t37-,40+,41+,42+/m1/s1. The zero-order valence-corrected chi connectivity index (χ0v) is 35.3. The molecule has 0 aliphatic carbocycles. The fraction of sp³-hybridized carbons (Fsp3) is 0.362. The number of rotatable bonds is 14. The molecule has 0 saturated carbocycles. The Morgan fingerprint density at radius 2 is 1.28 bits per heavy atom. The number of amides is 3. The molecule has 3 aromatic heterocycles. The number of hydrogen-bond acceptors (Lipinski definition) is 8. The minimum absolute atomic E-state index is 0.100. The smallest absolute Gasteiger partial charge is 0.407 e. The molecule has 0 bridgehead atoms. The van der Waals surface area contributed by atoms with E-state index in [0.29, 0.717) is 18.9 Å².